The zero-order chi connectivity index (χ0) is 15.2. The number of ether oxygens (including phenoxy) is 3. The third-order valence-electron chi connectivity index (χ3n) is 2.91. The van der Waals surface area contributed by atoms with Gasteiger partial charge in [-0.3, -0.25) is 4.98 Å². The molecule has 0 fully saturated rings. The highest BCUT2D eigenvalue weighted by Gasteiger charge is 2.13. The van der Waals surface area contributed by atoms with E-state index in [4.69, 9.17) is 25.8 Å². The molecule has 1 heterocycles. The zero-order valence-electron chi connectivity index (χ0n) is 11.7. The molecule has 0 aliphatic carbocycles. The maximum absolute atomic E-state index is 5.93. The van der Waals surface area contributed by atoms with E-state index in [1.54, 1.807) is 26.5 Å². The molecule has 0 atom stereocenters. The summed E-state index contributed by atoms with van der Waals surface area (Å²) in [6.07, 6.45) is 1.66. The Labute approximate surface area is 137 Å². The van der Waals surface area contributed by atoms with E-state index in [9.17, 15) is 0 Å². The van der Waals surface area contributed by atoms with Crippen LogP contribution in [-0.4, -0.2) is 19.2 Å². The van der Waals surface area contributed by atoms with Crippen molar-refractivity contribution in [1.82, 2.24) is 4.98 Å². The van der Waals surface area contributed by atoms with Gasteiger partial charge >= 0.3 is 0 Å². The van der Waals surface area contributed by atoms with Crippen LogP contribution in [0.2, 0.25) is 0 Å². The number of pyridine rings is 1. The number of halogens is 2. The van der Waals surface area contributed by atoms with Gasteiger partial charge in [0.25, 0.3) is 0 Å². The normalized spacial score (nSPS) is 10.3. The van der Waals surface area contributed by atoms with Gasteiger partial charge in [0.15, 0.2) is 11.5 Å². The Bertz CT molecular complexity index is 622. The first-order chi connectivity index (χ1) is 10.2. The Hall–Kier alpha value is -1.46. The van der Waals surface area contributed by atoms with Gasteiger partial charge in [-0.1, -0.05) is 12.1 Å². The molecule has 0 aliphatic heterocycles. The van der Waals surface area contributed by atoms with Gasteiger partial charge in [0.05, 0.1) is 24.6 Å². The van der Waals surface area contributed by atoms with Gasteiger partial charge in [-0.2, -0.15) is 0 Å². The van der Waals surface area contributed by atoms with E-state index < -0.39 is 0 Å². The SMILES string of the molecule is COc1ccnc(COc2c(Br)cccc2CCl)c1OC. The Morgan fingerprint density at radius 2 is 1.95 bits per heavy atom. The van der Waals surface area contributed by atoms with Crippen molar-refractivity contribution < 1.29 is 14.2 Å². The van der Waals surface area contributed by atoms with Crippen molar-refractivity contribution in [1.29, 1.82) is 0 Å². The molecule has 0 saturated carbocycles. The average molecular weight is 373 g/mol. The van der Waals surface area contributed by atoms with Crippen LogP contribution < -0.4 is 14.2 Å². The highest BCUT2D eigenvalue weighted by molar-refractivity contribution is 9.10. The zero-order valence-corrected chi connectivity index (χ0v) is 14.1. The van der Waals surface area contributed by atoms with Crippen molar-refractivity contribution in [2.45, 2.75) is 12.5 Å². The molecule has 0 saturated heterocycles. The number of methoxy groups -OCH3 is 2. The fourth-order valence-corrected chi connectivity index (χ4v) is 2.65. The molecule has 0 bridgehead atoms. The Balaban J connectivity index is 2.25. The lowest BCUT2D eigenvalue weighted by Crippen LogP contribution is -2.04. The van der Waals surface area contributed by atoms with Crippen LogP contribution in [0.15, 0.2) is 34.9 Å². The molecule has 0 spiro atoms. The summed E-state index contributed by atoms with van der Waals surface area (Å²) in [5.41, 5.74) is 1.57. The molecule has 0 radical (unpaired) electrons. The van der Waals surface area contributed by atoms with Crippen LogP contribution in [-0.2, 0) is 12.5 Å². The average Bonchev–Trinajstić information content (AvgIpc) is 2.52. The van der Waals surface area contributed by atoms with E-state index in [0.717, 1.165) is 10.0 Å². The van der Waals surface area contributed by atoms with Gasteiger partial charge in [0, 0.05) is 17.8 Å². The molecular weight excluding hydrogens is 358 g/mol. The molecule has 1 aromatic heterocycles. The van der Waals surface area contributed by atoms with Gasteiger partial charge in [-0.25, -0.2) is 0 Å². The Morgan fingerprint density at radius 1 is 1.14 bits per heavy atom. The predicted octanol–water partition coefficient (Wildman–Crippen LogP) is 4.18. The minimum absolute atomic E-state index is 0.257. The lowest BCUT2D eigenvalue weighted by molar-refractivity contribution is 0.281. The first kappa shape index (κ1) is 15.9. The molecule has 112 valence electrons. The quantitative estimate of drug-likeness (QED) is 0.713. The second-order valence-electron chi connectivity index (χ2n) is 4.14. The summed E-state index contributed by atoms with van der Waals surface area (Å²) >= 11 is 9.40. The summed E-state index contributed by atoms with van der Waals surface area (Å²) in [7, 11) is 3.16. The van der Waals surface area contributed by atoms with Crippen molar-refractivity contribution in [2.24, 2.45) is 0 Å². The molecule has 0 amide bonds. The van der Waals surface area contributed by atoms with Crippen LogP contribution >= 0.6 is 27.5 Å². The largest absolute Gasteiger partial charge is 0.493 e. The second kappa shape index (κ2) is 7.52. The smallest absolute Gasteiger partial charge is 0.185 e. The minimum atomic E-state index is 0.257. The van der Waals surface area contributed by atoms with E-state index in [0.29, 0.717) is 28.8 Å². The predicted molar refractivity (Wildman–Crippen MR) is 85.4 cm³/mol. The summed E-state index contributed by atoms with van der Waals surface area (Å²) in [6, 6.07) is 7.48. The molecule has 0 N–H and O–H groups in total. The topological polar surface area (TPSA) is 40.6 Å². The van der Waals surface area contributed by atoms with Crippen LogP contribution in [0.3, 0.4) is 0 Å². The fraction of sp³-hybridized carbons (Fsp3) is 0.267. The summed E-state index contributed by atoms with van der Waals surface area (Å²) in [5, 5.41) is 0. The van der Waals surface area contributed by atoms with Crippen LogP contribution in [0.5, 0.6) is 17.2 Å². The lowest BCUT2D eigenvalue weighted by atomic mass is 10.2. The summed E-state index contributed by atoms with van der Waals surface area (Å²) in [5.74, 6) is 2.27. The first-order valence-electron chi connectivity index (χ1n) is 6.23. The van der Waals surface area contributed by atoms with E-state index in [2.05, 4.69) is 20.9 Å². The molecule has 2 rings (SSSR count). The standard InChI is InChI=1S/C15H15BrClNO3/c1-19-13-6-7-18-12(15(13)20-2)9-21-14-10(8-17)4-3-5-11(14)16/h3-7H,8-9H2,1-2H3. The molecule has 21 heavy (non-hydrogen) atoms. The Kier molecular flexibility index (Phi) is 5.70. The lowest BCUT2D eigenvalue weighted by Gasteiger charge is -2.14. The minimum Gasteiger partial charge on any atom is -0.493 e. The number of rotatable bonds is 6. The number of nitrogens with zero attached hydrogens (tertiary/aromatic N) is 1. The van der Waals surface area contributed by atoms with Crippen LogP contribution in [0.1, 0.15) is 11.3 Å². The monoisotopic (exact) mass is 371 g/mol. The van der Waals surface area contributed by atoms with Gasteiger partial charge in [0.2, 0.25) is 0 Å². The van der Waals surface area contributed by atoms with Crippen LogP contribution in [0, 0.1) is 0 Å². The molecule has 0 unspecified atom stereocenters. The number of hydrogen-bond acceptors (Lipinski definition) is 4. The molecule has 4 nitrogen and oxygen atoms in total. The van der Waals surface area contributed by atoms with Crippen molar-refractivity contribution in [3.05, 3.63) is 46.2 Å². The number of hydrogen-bond donors (Lipinski definition) is 0. The number of aromatic nitrogens is 1. The molecule has 1 aromatic carbocycles. The summed E-state index contributed by atoms with van der Waals surface area (Å²) in [6.45, 7) is 0.257. The van der Waals surface area contributed by atoms with E-state index in [1.165, 1.54) is 0 Å². The second-order valence-corrected chi connectivity index (χ2v) is 5.27. The third-order valence-corrected chi connectivity index (χ3v) is 3.82. The highest BCUT2D eigenvalue weighted by Crippen LogP contribution is 2.33. The van der Waals surface area contributed by atoms with Gasteiger partial charge in [0.1, 0.15) is 18.1 Å². The van der Waals surface area contributed by atoms with Crippen molar-refractivity contribution in [3.63, 3.8) is 0 Å². The van der Waals surface area contributed by atoms with E-state index in [-0.39, 0.29) is 6.61 Å². The fourth-order valence-electron chi connectivity index (χ4n) is 1.91. The number of benzene rings is 1. The van der Waals surface area contributed by atoms with E-state index in [1.807, 2.05) is 18.2 Å². The number of alkyl halides is 1. The molecular formula is C15H15BrClNO3. The van der Waals surface area contributed by atoms with Crippen molar-refractivity contribution in [2.75, 3.05) is 14.2 Å². The van der Waals surface area contributed by atoms with Crippen molar-refractivity contribution in [3.8, 4) is 17.2 Å². The Morgan fingerprint density at radius 3 is 2.62 bits per heavy atom. The number of para-hydroxylation sites is 1. The van der Waals surface area contributed by atoms with Crippen LogP contribution in [0.4, 0.5) is 0 Å². The summed E-state index contributed by atoms with van der Waals surface area (Å²) in [4.78, 5) is 4.28. The van der Waals surface area contributed by atoms with Crippen molar-refractivity contribution >= 4 is 27.5 Å². The van der Waals surface area contributed by atoms with Gasteiger partial charge in [-0.15, -0.1) is 11.6 Å². The van der Waals surface area contributed by atoms with Crippen LogP contribution in [0.25, 0.3) is 0 Å². The highest BCUT2D eigenvalue weighted by atomic mass is 79.9. The maximum Gasteiger partial charge on any atom is 0.185 e. The van der Waals surface area contributed by atoms with E-state index >= 15 is 0 Å². The summed E-state index contributed by atoms with van der Waals surface area (Å²) < 4.78 is 17.3. The van der Waals surface area contributed by atoms with Gasteiger partial charge < -0.3 is 14.2 Å². The molecule has 2 aromatic rings. The van der Waals surface area contributed by atoms with Gasteiger partial charge in [-0.05, 0) is 22.0 Å². The first-order valence-corrected chi connectivity index (χ1v) is 7.56. The molecule has 6 heteroatoms. The third kappa shape index (κ3) is 3.60. The molecule has 0 aliphatic rings. The maximum atomic E-state index is 5.93.